The van der Waals surface area contributed by atoms with Crippen LogP contribution in [0.4, 0.5) is 11.6 Å². The molecule has 4 aromatic rings. The zero-order valence-corrected chi connectivity index (χ0v) is 16.3. The molecule has 1 N–H and O–H groups in total. The number of methoxy groups -OCH3 is 2. The van der Waals surface area contributed by atoms with Crippen LogP contribution in [0.2, 0.25) is 0 Å². The molecular weight excluding hydrogens is 362 g/mol. The summed E-state index contributed by atoms with van der Waals surface area (Å²) in [6, 6.07) is 5.77. The largest absolute Gasteiger partial charge is 0.496 e. The van der Waals surface area contributed by atoms with Gasteiger partial charge in [0.15, 0.2) is 0 Å². The first-order chi connectivity index (χ1) is 13.1. The van der Waals surface area contributed by atoms with E-state index in [0.717, 1.165) is 43.4 Å². The molecule has 0 unspecified atom stereocenters. The number of nitrogens with zero attached hydrogens (tertiary/aromatic N) is 4. The second-order valence-corrected chi connectivity index (χ2v) is 7.26. The molecule has 3 aromatic heterocycles. The third-order valence-corrected chi connectivity index (χ3v) is 5.27. The molecule has 7 nitrogen and oxygen atoms in total. The van der Waals surface area contributed by atoms with Crippen molar-refractivity contribution in [1.82, 2.24) is 19.7 Å². The molecule has 0 fully saturated rings. The summed E-state index contributed by atoms with van der Waals surface area (Å²) in [6.45, 7) is 2.07. The Morgan fingerprint density at radius 1 is 1.07 bits per heavy atom. The number of rotatable bonds is 5. The lowest BCUT2D eigenvalue weighted by Crippen LogP contribution is -1.97. The number of aromatic nitrogens is 4. The first-order valence-electron chi connectivity index (χ1n) is 8.34. The molecule has 0 aliphatic heterocycles. The summed E-state index contributed by atoms with van der Waals surface area (Å²) >= 11 is 1.65. The summed E-state index contributed by atoms with van der Waals surface area (Å²) in [5.41, 5.74) is 3.60. The molecule has 138 valence electrons. The molecule has 8 heteroatoms. The molecule has 0 saturated heterocycles. The van der Waals surface area contributed by atoms with Gasteiger partial charge < -0.3 is 14.8 Å². The third-order valence-electron chi connectivity index (χ3n) is 4.25. The van der Waals surface area contributed by atoms with Crippen LogP contribution in [-0.4, -0.2) is 34.0 Å². The highest BCUT2D eigenvalue weighted by atomic mass is 32.1. The minimum Gasteiger partial charge on any atom is -0.496 e. The van der Waals surface area contributed by atoms with Crippen molar-refractivity contribution in [2.24, 2.45) is 7.05 Å². The molecule has 0 radical (unpaired) electrons. The molecule has 0 saturated carbocycles. The van der Waals surface area contributed by atoms with Crippen molar-refractivity contribution in [3.8, 4) is 22.6 Å². The smallest absolute Gasteiger partial charge is 0.227 e. The Hall–Kier alpha value is -3.13. The third kappa shape index (κ3) is 3.08. The number of aryl methyl sites for hydroxylation is 2. The number of fused-ring (bicyclic) bond motifs is 1. The van der Waals surface area contributed by atoms with Gasteiger partial charge >= 0.3 is 0 Å². The van der Waals surface area contributed by atoms with E-state index in [9.17, 15) is 0 Å². The van der Waals surface area contributed by atoms with Gasteiger partial charge in [-0.15, -0.1) is 11.3 Å². The van der Waals surface area contributed by atoms with Gasteiger partial charge in [0, 0.05) is 23.7 Å². The van der Waals surface area contributed by atoms with Crippen molar-refractivity contribution < 1.29 is 9.47 Å². The number of benzene rings is 1. The standard InChI is InChI=1S/C19H19N5O2S/c1-11-16(17-13(25-3)6-5-7-14(17)26-4)18-15(27-11)9-20-19(23-18)22-12-8-21-24(2)10-12/h5-10H,1-4H3,(H,20,22,23). The molecule has 27 heavy (non-hydrogen) atoms. The Kier molecular flexibility index (Phi) is 4.41. The van der Waals surface area contributed by atoms with Crippen LogP contribution in [0.25, 0.3) is 21.3 Å². The molecule has 0 bridgehead atoms. The second-order valence-electron chi connectivity index (χ2n) is 6.00. The topological polar surface area (TPSA) is 74.1 Å². The van der Waals surface area contributed by atoms with Crippen LogP contribution >= 0.6 is 11.3 Å². The number of hydrogen-bond acceptors (Lipinski definition) is 7. The fourth-order valence-corrected chi connectivity index (χ4v) is 4.05. The number of nitrogens with one attached hydrogen (secondary N) is 1. The van der Waals surface area contributed by atoms with E-state index in [1.165, 1.54) is 0 Å². The SMILES string of the molecule is COc1cccc(OC)c1-c1c(C)sc2cnc(Nc3cnn(C)c3)nc12. The highest BCUT2D eigenvalue weighted by molar-refractivity contribution is 7.19. The average molecular weight is 381 g/mol. The van der Waals surface area contributed by atoms with Gasteiger partial charge in [-0.3, -0.25) is 4.68 Å². The van der Waals surface area contributed by atoms with Gasteiger partial charge in [0.05, 0.1) is 48.1 Å². The maximum absolute atomic E-state index is 5.60. The predicted molar refractivity (Wildman–Crippen MR) is 107 cm³/mol. The Balaban J connectivity index is 1.89. The Bertz CT molecular complexity index is 1100. The van der Waals surface area contributed by atoms with Crippen LogP contribution < -0.4 is 14.8 Å². The average Bonchev–Trinajstić information content (AvgIpc) is 3.22. The zero-order valence-electron chi connectivity index (χ0n) is 15.5. The summed E-state index contributed by atoms with van der Waals surface area (Å²) < 4.78 is 13.9. The van der Waals surface area contributed by atoms with Crippen LogP contribution in [0.1, 0.15) is 4.88 Å². The Morgan fingerprint density at radius 3 is 2.44 bits per heavy atom. The van der Waals surface area contributed by atoms with Gasteiger partial charge in [-0.2, -0.15) is 5.10 Å². The van der Waals surface area contributed by atoms with E-state index in [1.807, 2.05) is 37.6 Å². The van der Waals surface area contributed by atoms with Crippen LogP contribution in [0, 0.1) is 6.92 Å². The maximum atomic E-state index is 5.60. The van der Waals surface area contributed by atoms with Crippen LogP contribution in [0.15, 0.2) is 36.8 Å². The van der Waals surface area contributed by atoms with E-state index < -0.39 is 0 Å². The van der Waals surface area contributed by atoms with Gasteiger partial charge in [-0.1, -0.05) is 6.07 Å². The van der Waals surface area contributed by atoms with Crippen molar-refractivity contribution in [3.63, 3.8) is 0 Å². The van der Waals surface area contributed by atoms with Crippen molar-refractivity contribution in [2.45, 2.75) is 6.92 Å². The molecule has 0 spiro atoms. The van der Waals surface area contributed by atoms with Crippen molar-refractivity contribution >= 4 is 33.2 Å². The highest BCUT2D eigenvalue weighted by Crippen LogP contribution is 2.45. The summed E-state index contributed by atoms with van der Waals surface area (Å²) in [4.78, 5) is 10.3. The lowest BCUT2D eigenvalue weighted by atomic mass is 10.0. The van der Waals surface area contributed by atoms with E-state index in [4.69, 9.17) is 14.5 Å². The first-order valence-corrected chi connectivity index (χ1v) is 9.15. The van der Waals surface area contributed by atoms with Gasteiger partial charge in [-0.25, -0.2) is 9.97 Å². The fourth-order valence-electron chi connectivity index (χ4n) is 3.07. The van der Waals surface area contributed by atoms with E-state index in [-0.39, 0.29) is 0 Å². The van der Waals surface area contributed by atoms with E-state index in [2.05, 4.69) is 22.3 Å². The molecular formula is C19H19N5O2S. The molecule has 0 aliphatic carbocycles. The fraction of sp³-hybridized carbons (Fsp3) is 0.211. The summed E-state index contributed by atoms with van der Waals surface area (Å²) in [5, 5.41) is 7.36. The molecule has 0 amide bonds. The van der Waals surface area contributed by atoms with Gasteiger partial charge in [0.25, 0.3) is 0 Å². The maximum Gasteiger partial charge on any atom is 0.227 e. The number of anilines is 2. The van der Waals surface area contributed by atoms with E-state index >= 15 is 0 Å². The van der Waals surface area contributed by atoms with Crippen LogP contribution in [0.5, 0.6) is 11.5 Å². The van der Waals surface area contributed by atoms with Crippen LogP contribution in [0.3, 0.4) is 0 Å². The van der Waals surface area contributed by atoms with Crippen molar-refractivity contribution in [3.05, 3.63) is 41.7 Å². The van der Waals surface area contributed by atoms with E-state index in [0.29, 0.717) is 5.95 Å². The van der Waals surface area contributed by atoms with Gasteiger partial charge in [0.2, 0.25) is 5.95 Å². The monoisotopic (exact) mass is 381 g/mol. The van der Waals surface area contributed by atoms with Gasteiger partial charge in [-0.05, 0) is 19.1 Å². The second kappa shape index (κ2) is 6.88. The Morgan fingerprint density at radius 2 is 1.81 bits per heavy atom. The lowest BCUT2D eigenvalue weighted by Gasteiger charge is -2.13. The minimum atomic E-state index is 0.517. The van der Waals surface area contributed by atoms with Gasteiger partial charge in [0.1, 0.15) is 11.5 Å². The molecule has 0 atom stereocenters. The first kappa shape index (κ1) is 17.3. The normalized spacial score (nSPS) is 11.0. The van der Waals surface area contributed by atoms with Crippen molar-refractivity contribution in [2.75, 3.05) is 19.5 Å². The quantitative estimate of drug-likeness (QED) is 0.559. The lowest BCUT2D eigenvalue weighted by molar-refractivity contribution is 0.397. The Labute approximate surface area is 160 Å². The molecule has 4 rings (SSSR count). The summed E-state index contributed by atoms with van der Waals surface area (Å²) in [5.74, 6) is 2.01. The predicted octanol–water partition coefficient (Wildman–Crippen LogP) is 4.16. The van der Waals surface area contributed by atoms with E-state index in [1.54, 1.807) is 36.4 Å². The summed E-state index contributed by atoms with van der Waals surface area (Å²) in [6.07, 6.45) is 5.44. The number of thiophene rings is 1. The number of ether oxygens (including phenoxy) is 2. The van der Waals surface area contributed by atoms with Crippen molar-refractivity contribution in [1.29, 1.82) is 0 Å². The molecule has 3 heterocycles. The van der Waals surface area contributed by atoms with Crippen LogP contribution in [-0.2, 0) is 7.05 Å². The molecule has 1 aromatic carbocycles. The zero-order chi connectivity index (χ0) is 19.0. The minimum absolute atomic E-state index is 0.517. The summed E-state index contributed by atoms with van der Waals surface area (Å²) in [7, 11) is 5.18. The highest BCUT2D eigenvalue weighted by Gasteiger charge is 2.21. The molecule has 0 aliphatic rings. The number of hydrogen-bond donors (Lipinski definition) is 1.